The second kappa shape index (κ2) is 6.54. The Balaban J connectivity index is 1.67. The number of morpholine rings is 1. The van der Waals surface area contributed by atoms with Gasteiger partial charge in [0.2, 0.25) is 5.91 Å². The number of carbonyl (C=O) groups is 2. The van der Waals surface area contributed by atoms with E-state index in [-0.39, 0.29) is 17.9 Å². The van der Waals surface area contributed by atoms with Gasteiger partial charge < -0.3 is 14.4 Å². The van der Waals surface area contributed by atoms with Crippen molar-refractivity contribution in [3.05, 3.63) is 0 Å². The van der Waals surface area contributed by atoms with E-state index in [9.17, 15) is 9.59 Å². The first-order chi connectivity index (χ1) is 10.7. The molecule has 0 N–H and O–H groups in total. The van der Waals surface area contributed by atoms with Crippen LogP contribution in [0.1, 0.15) is 32.1 Å². The molecule has 0 radical (unpaired) electrons. The number of amides is 1. The molecule has 1 atom stereocenters. The Hall–Kier alpha value is -1.14. The normalized spacial score (nSPS) is 28.2. The highest BCUT2D eigenvalue weighted by Crippen LogP contribution is 2.49. The van der Waals surface area contributed by atoms with E-state index < -0.39 is 5.41 Å². The first-order valence-electron chi connectivity index (χ1n) is 8.37. The van der Waals surface area contributed by atoms with Crippen LogP contribution in [-0.4, -0.2) is 74.2 Å². The summed E-state index contributed by atoms with van der Waals surface area (Å²) in [5.41, 5.74) is -0.866. The Morgan fingerprint density at radius 1 is 1.18 bits per heavy atom. The van der Waals surface area contributed by atoms with Crippen LogP contribution in [0.25, 0.3) is 0 Å². The van der Waals surface area contributed by atoms with Crippen molar-refractivity contribution in [2.45, 2.75) is 38.1 Å². The second-order valence-electron chi connectivity index (χ2n) is 6.63. The summed E-state index contributed by atoms with van der Waals surface area (Å²) in [6, 6.07) is 0.224. The average molecular weight is 310 g/mol. The van der Waals surface area contributed by atoms with E-state index in [1.807, 2.05) is 4.90 Å². The molecule has 6 nitrogen and oxygen atoms in total. The largest absolute Gasteiger partial charge is 0.468 e. The Kier molecular flexibility index (Phi) is 4.68. The lowest BCUT2D eigenvalue weighted by molar-refractivity contribution is -0.158. The van der Waals surface area contributed by atoms with Crippen molar-refractivity contribution in [2.24, 2.45) is 5.41 Å². The minimum Gasteiger partial charge on any atom is -0.468 e. The van der Waals surface area contributed by atoms with Gasteiger partial charge in [0.15, 0.2) is 0 Å². The van der Waals surface area contributed by atoms with E-state index >= 15 is 0 Å². The van der Waals surface area contributed by atoms with Crippen molar-refractivity contribution in [3.63, 3.8) is 0 Å². The van der Waals surface area contributed by atoms with Gasteiger partial charge in [0.05, 0.1) is 20.3 Å². The summed E-state index contributed by atoms with van der Waals surface area (Å²) >= 11 is 0. The standard InChI is InChI=1S/C16H26N2O4/c1-21-15(20)16(5-6-16)14(19)18-7-3-2-4-13(18)12-17-8-10-22-11-9-17/h13H,2-12H2,1H3/t13-/m1/s1. The highest BCUT2D eigenvalue weighted by molar-refractivity contribution is 6.05. The molecule has 22 heavy (non-hydrogen) atoms. The van der Waals surface area contributed by atoms with E-state index in [0.29, 0.717) is 12.8 Å². The van der Waals surface area contributed by atoms with Gasteiger partial charge in [-0.15, -0.1) is 0 Å². The molecule has 0 unspecified atom stereocenters. The molecule has 0 bridgehead atoms. The zero-order valence-corrected chi connectivity index (χ0v) is 13.4. The summed E-state index contributed by atoms with van der Waals surface area (Å²) in [4.78, 5) is 29.2. The molecule has 3 rings (SSSR count). The van der Waals surface area contributed by atoms with E-state index in [2.05, 4.69) is 4.90 Å². The van der Waals surface area contributed by atoms with Crippen LogP contribution in [0.4, 0.5) is 0 Å². The minimum absolute atomic E-state index is 0.00249. The van der Waals surface area contributed by atoms with Gasteiger partial charge in [-0.3, -0.25) is 14.5 Å². The molecule has 2 heterocycles. The molecule has 2 saturated heterocycles. The van der Waals surface area contributed by atoms with Crippen LogP contribution in [0.15, 0.2) is 0 Å². The average Bonchev–Trinajstić information content (AvgIpc) is 3.37. The number of piperidine rings is 1. The van der Waals surface area contributed by atoms with E-state index in [4.69, 9.17) is 9.47 Å². The molecule has 3 aliphatic rings. The maximum Gasteiger partial charge on any atom is 0.321 e. The number of nitrogens with zero attached hydrogens (tertiary/aromatic N) is 2. The molecule has 0 aromatic heterocycles. The lowest BCUT2D eigenvalue weighted by atomic mass is 9.97. The smallest absolute Gasteiger partial charge is 0.321 e. The van der Waals surface area contributed by atoms with Gasteiger partial charge in [-0.25, -0.2) is 0 Å². The number of hydrogen-bond acceptors (Lipinski definition) is 5. The molecule has 0 aromatic rings. The van der Waals surface area contributed by atoms with Crippen molar-refractivity contribution in [3.8, 4) is 0 Å². The summed E-state index contributed by atoms with van der Waals surface area (Å²) in [5, 5.41) is 0. The zero-order chi connectivity index (χ0) is 15.6. The lowest BCUT2D eigenvalue weighted by Gasteiger charge is -2.40. The summed E-state index contributed by atoms with van der Waals surface area (Å²) < 4.78 is 10.3. The van der Waals surface area contributed by atoms with E-state index in [1.165, 1.54) is 7.11 Å². The number of hydrogen-bond donors (Lipinski definition) is 0. The van der Waals surface area contributed by atoms with Crippen LogP contribution in [0.3, 0.4) is 0 Å². The number of likely N-dealkylation sites (tertiary alicyclic amines) is 1. The molecule has 1 amide bonds. The van der Waals surface area contributed by atoms with Crippen LogP contribution in [0.5, 0.6) is 0 Å². The molecule has 0 spiro atoms. The fourth-order valence-electron chi connectivity index (χ4n) is 3.64. The molecule has 0 aromatic carbocycles. The molecule has 1 saturated carbocycles. The predicted molar refractivity (Wildman–Crippen MR) is 80.3 cm³/mol. The van der Waals surface area contributed by atoms with Crippen molar-refractivity contribution < 1.29 is 19.1 Å². The van der Waals surface area contributed by atoms with Crippen LogP contribution < -0.4 is 0 Å². The first-order valence-corrected chi connectivity index (χ1v) is 8.37. The SMILES string of the molecule is COC(=O)C1(C(=O)N2CCCC[C@@H]2CN2CCOCC2)CC1. The predicted octanol–water partition coefficient (Wildman–Crippen LogP) is 0.653. The fourth-order valence-corrected chi connectivity index (χ4v) is 3.64. The highest BCUT2D eigenvalue weighted by atomic mass is 16.5. The molecule has 1 aliphatic carbocycles. The van der Waals surface area contributed by atoms with Gasteiger partial charge in [0.25, 0.3) is 0 Å². The van der Waals surface area contributed by atoms with E-state index in [1.54, 1.807) is 0 Å². The molecular formula is C16H26N2O4. The van der Waals surface area contributed by atoms with Gasteiger partial charge in [0, 0.05) is 32.2 Å². The Morgan fingerprint density at radius 3 is 2.55 bits per heavy atom. The summed E-state index contributed by atoms with van der Waals surface area (Å²) in [5.74, 6) is -0.356. The van der Waals surface area contributed by atoms with Crippen molar-refractivity contribution in [2.75, 3.05) is 46.5 Å². The van der Waals surface area contributed by atoms with Crippen LogP contribution in [-0.2, 0) is 19.1 Å². The Morgan fingerprint density at radius 2 is 1.91 bits per heavy atom. The molecule has 3 fully saturated rings. The maximum absolute atomic E-state index is 12.9. The maximum atomic E-state index is 12.9. The van der Waals surface area contributed by atoms with Crippen molar-refractivity contribution in [1.82, 2.24) is 9.80 Å². The topological polar surface area (TPSA) is 59.1 Å². The number of ether oxygens (including phenoxy) is 2. The van der Waals surface area contributed by atoms with Gasteiger partial charge in [-0.05, 0) is 32.1 Å². The van der Waals surface area contributed by atoms with Gasteiger partial charge >= 0.3 is 5.97 Å². The number of methoxy groups -OCH3 is 1. The minimum atomic E-state index is -0.866. The monoisotopic (exact) mass is 310 g/mol. The van der Waals surface area contributed by atoms with Gasteiger partial charge in [-0.1, -0.05) is 0 Å². The lowest BCUT2D eigenvalue weighted by Crippen LogP contribution is -2.54. The third-order valence-corrected chi connectivity index (χ3v) is 5.20. The first kappa shape index (κ1) is 15.7. The summed E-state index contributed by atoms with van der Waals surface area (Å²) in [7, 11) is 1.37. The van der Waals surface area contributed by atoms with E-state index in [0.717, 1.165) is 58.7 Å². The van der Waals surface area contributed by atoms with Gasteiger partial charge in [-0.2, -0.15) is 0 Å². The van der Waals surface area contributed by atoms with Crippen molar-refractivity contribution >= 4 is 11.9 Å². The van der Waals surface area contributed by atoms with Crippen LogP contribution in [0, 0.1) is 5.41 Å². The zero-order valence-electron chi connectivity index (χ0n) is 13.4. The number of esters is 1. The number of rotatable bonds is 4. The summed E-state index contributed by atoms with van der Waals surface area (Å²) in [6.07, 6.45) is 4.49. The molecular weight excluding hydrogens is 284 g/mol. The Labute approximate surface area is 131 Å². The number of carbonyl (C=O) groups excluding carboxylic acids is 2. The third-order valence-electron chi connectivity index (χ3n) is 5.20. The van der Waals surface area contributed by atoms with Crippen LogP contribution in [0.2, 0.25) is 0 Å². The molecule has 124 valence electrons. The van der Waals surface area contributed by atoms with Crippen molar-refractivity contribution in [1.29, 1.82) is 0 Å². The molecule has 6 heteroatoms. The highest BCUT2D eigenvalue weighted by Gasteiger charge is 2.60. The quantitative estimate of drug-likeness (QED) is 0.564. The third kappa shape index (κ3) is 2.99. The fraction of sp³-hybridized carbons (Fsp3) is 0.875. The second-order valence-corrected chi connectivity index (χ2v) is 6.63. The summed E-state index contributed by atoms with van der Waals surface area (Å²) in [6.45, 7) is 5.07. The molecule has 2 aliphatic heterocycles. The van der Waals surface area contributed by atoms with Gasteiger partial charge in [0.1, 0.15) is 5.41 Å². The Bertz CT molecular complexity index is 430. The van der Waals surface area contributed by atoms with Crippen LogP contribution >= 0.6 is 0 Å².